The first-order valence-corrected chi connectivity index (χ1v) is 11.6. The lowest BCUT2D eigenvalue weighted by Crippen LogP contribution is -3.00. The van der Waals surface area contributed by atoms with Crippen LogP contribution in [0, 0.1) is 0 Å². The first-order chi connectivity index (χ1) is 8.06. The first kappa shape index (κ1) is 20.8. The number of halogens is 1. The summed E-state index contributed by atoms with van der Waals surface area (Å²) in [5.74, 6) is 0. The largest absolute Gasteiger partial charge is 1.00 e. The van der Waals surface area contributed by atoms with Gasteiger partial charge in [-0.1, -0.05) is 77.1 Å². The Balaban J connectivity index is 0. The van der Waals surface area contributed by atoms with Crippen molar-refractivity contribution in [2.75, 3.05) is 6.54 Å². The minimum atomic E-state index is -0.756. The van der Waals surface area contributed by atoms with E-state index < -0.39 is 8.07 Å². The number of rotatable bonds is 12. The highest BCUT2D eigenvalue weighted by atomic mass is 35.5. The molecule has 112 valence electrons. The van der Waals surface area contributed by atoms with Gasteiger partial charge in [-0.25, -0.2) is 0 Å². The molecule has 3 heteroatoms. The van der Waals surface area contributed by atoms with E-state index >= 15 is 0 Å². The molecule has 0 aromatic carbocycles. The van der Waals surface area contributed by atoms with Crippen LogP contribution in [0.15, 0.2) is 0 Å². The van der Waals surface area contributed by atoms with Gasteiger partial charge in [0.2, 0.25) is 0 Å². The molecule has 18 heavy (non-hydrogen) atoms. The van der Waals surface area contributed by atoms with E-state index in [9.17, 15) is 0 Å². The van der Waals surface area contributed by atoms with E-state index in [1.54, 1.807) is 0 Å². The van der Waals surface area contributed by atoms with Gasteiger partial charge in [-0.05, 0) is 12.8 Å². The Kier molecular flexibility index (Phi) is 16.0. The third kappa shape index (κ3) is 18.8. The van der Waals surface area contributed by atoms with Crippen LogP contribution in [0.2, 0.25) is 25.7 Å². The molecular weight excluding hydrogens is 258 g/mol. The Hall–Kier alpha value is 0.467. The molecule has 0 amide bonds. The van der Waals surface area contributed by atoms with Crippen molar-refractivity contribution in [3.05, 3.63) is 0 Å². The summed E-state index contributed by atoms with van der Waals surface area (Å²) in [6.07, 6.45) is 14.5. The van der Waals surface area contributed by atoms with E-state index in [0.717, 1.165) is 6.54 Å². The molecule has 0 fully saturated rings. The van der Waals surface area contributed by atoms with Gasteiger partial charge < -0.3 is 18.1 Å². The summed E-state index contributed by atoms with van der Waals surface area (Å²) < 4.78 is 0. The van der Waals surface area contributed by atoms with Crippen molar-refractivity contribution in [3.63, 3.8) is 0 Å². The van der Waals surface area contributed by atoms with E-state index in [0.29, 0.717) is 0 Å². The van der Waals surface area contributed by atoms with Crippen LogP contribution in [-0.2, 0) is 0 Å². The van der Waals surface area contributed by atoms with Gasteiger partial charge in [-0.15, -0.1) is 0 Å². The van der Waals surface area contributed by atoms with E-state index in [1.165, 1.54) is 70.3 Å². The van der Waals surface area contributed by atoms with Gasteiger partial charge in [0.25, 0.3) is 0 Å². The second kappa shape index (κ2) is 13.9. The molecule has 0 spiro atoms. The van der Waals surface area contributed by atoms with Gasteiger partial charge in [0, 0.05) is 8.07 Å². The molecule has 0 radical (unpaired) electrons. The fourth-order valence-corrected chi connectivity index (χ4v) is 3.56. The van der Waals surface area contributed by atoms with Crippen molar-refractivity contribution in [1.82, 2.24) is 0 Å². The summed E-state index contributed by atoms with van der Waals surface area (Å²) >= 11 is 0. The van der Waals surface area contributed by atoms with E-state index in [-0.39, 0.29) is 12.4 Å². The van der Waals surface area contributed by atoms with Crippen LogP contribution in [0.25, 0.3) is 0 Å². The van der Waals surface area contributed by atoms with Crippen molar-refractivity contribution in [3.8, 4) is 0 Å². The summed E-state index contributed by atoms with van der Waals surface area (Å²) in [5, 5.41) is 0. The quantitative estimate of drug-likeness (QED) is 0.417. The maximum Gasteiger partial charge on any atom is 0.0739 e. The van der Waals surface area contributed by atoms with Gasteiger partial charge in [0.15, 0.2) is 0 Å². The lowest BCUT2D eigenvalue weighted by Gasteiger charge is -2.14. The lowest BCUT2D eigenvalue weighted by molar-refractivity contribution is -0.368. The fourth-order valence-electron chi connectivity index (χ4n) is 2.25. The highest BCUT2D eigenvalue weighted by molar-refractivity contribution is 6.76. The lowest BCUT2D eigenvalue weighted by atomic mass is 10.1. The number of unbranched alkanes of at least 4 members (excludes halogenated alkanes) is 9. The minimum Gasteiger partial charge on any atom is -1.00 e. The molecule has 0 aliphatic heterocycles. The molecule has 0 aliphatic carbocycles. The average Bonchev–Trinajstić information content (AvgIpc) is 2.24. The molecule has 0 aromatic rings. The van der Waals surface area contributed by atoms with Crippen LogP contribution in [-0.4, -0.2) is 14.6 Å². The third-order valence-electron chi connectivity index (χ3n) is 3.43. The van der Waals surface area contributed by atoms with Gasteiger partial charge in [0.1, 0.15) is 0 Å². The molecule has 0 heterocycles. The molecule has 0 rings (SSSR count). The van der Waals surface area contributed by atoms with Crippen molar-refractivity contribution < 1.29 is 18.1 Å². The molecule has 0 atom stereocenters. The van der Waals surface area contributed by atoms with Crippen LogP contribution >= 0.6 is 0 Å². The molecule has 0 saturated heterocycles. The molecule has 0 saturated carbocycles. The molecule has 1 nitrogen and oxygen atoms in total. The molecule has 0 aromatic heterocycles. The zero-order valence-corrected chi connectivity index (χ0v) is 14.8. The zero-order chi connectivity index (χ0) is 13.0. The Bertz CT molecular complexity index is 157. The molecular formula is C15H36ClNSi. The Morgan fingerprint density at radius 1 is 0.611 bits per heavy atom. The van der Waals surface area contributed by atoms with Gasteiger partial charge in [-0.2, -0.15) is 0 Å². The summed E-state index contributed by atoms with van der Waals surface area (Å²) in [7, 11) is -0.756. The van der Waals surface area contributed by atoms with Crippen molar-refractivity contribution in [2.45, 2.75) is 89.9 Å². The molecule has 3 N–H and O–H groups in total. The number of hydrogen-bond donors (Lipinski definition) is 1. The van der Waals surface area contributed by atoms with Crippen LogP contribution < -0.4 is 18.1 Å². The Labute approximate surface area is 123 Å². The highest BCUT2D eigenvalue weighted by Crippen LogP contribution is 2.16. The summed E-state index contributed by atoms with van der Waals surface area (Å²) in [6.45, 7) is 8.58. The standard InChI is InChI=1S/C15H35NSi.ClH/c1-17(2,3)15-13-11-9-7-5-4-6-8-10-12-14-16;/h4-16H2,1-3H3;1H. The Morgan fingerprint density at radius 3 is 1.28 bits per heavy atom. The maximum absolute atomic E-state index is 3.88. The number of hydrogen-bond acceptors (Lipinski definition) is 0. The van der Waals surface area contributed by atoms with Crippen LogP contribution in [0.4, 0.5) is 0 Å². The van der Waals surface area contributed by atoms with Crippen LogP contribution in [0.3, 0.4) is 0 Å². The summed E-state index contributed by atoms with van der Waals surface area (Å²) in [4.78, 5) is 0. The van der Waals surface area contributed by atoms with Crippen molar-refractivity contribution >= 4 is 8.07 Å². The molecule has 0 unspecified atom stereocenters. The monoisotopic (exact) mass is 293 g/mol. The predicted octanol–water partition coefficient (Wildman–Crippen LogP) is 1.47. The highest BCUT2D eigenvalue weighted by Gasteiger charge is 2.11. The van der Waals surface area contributed by atoms with E-state index in [4.69, 9.17) is 0 Å². The maximum atomic E-state index is 3.88. The van der Waals surface area contributed by atoms with Crippen molar-refractivity contribution in [2.24, 2.45) is 0 Å². The van der Waals surface area contributed by atoms with Gasteiger partial charge in [-0.3, -0.25) is 0 Å². The molecule has 0 aliphatic rings. The van der Waals surface area contributed by atoms with E-state index in [2.05, 4.69) is 25.4 Å². The third-order valence-corrected chi connectivity index (χ3v) is 5.28. The smallest absolute Gasteiger partial charge is 0.0739 e. The first-order valence-electron chi connectivity index (χ1n) is 7.85. The Morgan fingerprint density at radius 2 is 0.944 bits per heavy atom. The van der Waals surface area contributed by atoms with Gasteiger partial charge in [0.05, 0.1) is 6.54 Å². The summed E-state index contributed by atoms with van der Waals surface area (Å²) in [5.41, 5.74) is 3.88. The van der Waals surface area contributed by atoms with Crippen LogP contribution in [0.5, 0.6) is 0 Å². The summed E-state index contributed by atoms with van der Waals surface area (Å²) in [6, 6.07) is 1.53. The van der Waals surface area contributed by atoms with Gasteiger partial charge >= 0.3 is 0 Å². The second-order valence-corrected chi connectivity index (χ2v) is 12.3. The SMILES string of the molecule is C[Si](C)(C)CCCCCCCCCCCC[NH3+].[Cl-]. The fraction of sp³-hybridized carbons (Fsp3) is 1.00. The minimum absolute atomic E-state index is 0. The van der Waals surface area contributed by atoms with Crippen molar-refractivity contribution in [1.29, 1.82) is 0 Å². The topological polar surface area (TPSA) is 27.6 Å². The van der Waals surface area contributed by atoms with Crippen LogP contribution in [0.1, 0.15) is 64.2 Å². The average molecular weight is 294 g/mol. The predicted molar refractivity (Wildman–Crippen MR) is 82.1 cm³/mol. The normalized spacial score (nSPS) is 11.3. The van der Waals surface area contributed by atoms with E-state index in [1.807, 2.05) is 0 Å². The zero-order valence-electron chi connectivity index (χ0n) is 13.1. The number of quaternary nitrogens is 1. The molecule has 0 bridgehead atoms. The second-order valence-electron chi connectivity index (χ2n) is 6.70.